The molecule has 2 aromatic carbocycles. The molecule has 0 bridgehead atoms. The second-order valence-electron chi connectivity index (χ2n) is 5.67. The first-order chi connectivity index (χ1) is 12.3. The van der Waals surface area contributed by atoms with Gasteiger partial charge in [0.1, 0.15) is 0 Å². The molecule has 2 aromatic heterocycles. The lowest BCUT2D eigenvalue weighted by atomic mass is 10.1. The summed E-state index contributed by atoms with van der Waals surface area (Å²) in [5.74, 6) is 1.33. The first-order valence-corrected chi connectivity index (χ1v) is 8.87. The zero-order valence-corrected chi connectivity index (χ0v) is 14.5. The van der Waals surface area contributed by atoms with Crippen molar-refractivity contribution in [3.8, 4) is 17.1 Å². The predicted octanol–water partition coefficient (Wildman–Crippen LogP) is 4.52. The highest BCUT2D eigenvalue weighted by Gasteiger charge is 2.09. The largest absolute Gasteiger partial charge is 0.411 e. The number of aromatic nitrogens is 4. The highest BCUT2D eigenvalue weighted by atomic mass is 32.2. The molecule has 25 heavy (non-hydrogen) atoms. The average Bonchev–Trinajstić information content (AvgIpc) is 3.32. The summed E-state index contributed by atoms with van der Waals surface area (Å²) in [5.41, 5.74) is 4.40. The van der Waals surface area contributed by atoms with Crippen LogP contribution in [0.3, 0.4) is 0 Å². The van der Waals surface area contributed by atoms with E-state index in [4.69, 9.17) is 4.42 Å². The molecule has 0 saturated carbocycles. The number of nitrogens with zero attached hydrogens (tertiary/aromatic N) is 4. The number of imidazole rings is 1. The van der Waals surface area contributed by atoms with Gasteiger partial charge in [-0.2, -0.15) is 0 Å². The van der Waals surface area contributed by atoms with E-state index in [0.717, 1.165) is 17.0 Å². The molecular weight excluding hydrogens is 332 g/mol. The molecule has 6 heteroatoms. The van der Waals surface area contributed by atoms with E-state index < -0.39 is 0 Å². The lowest BCUT2D eigenvalue weighted by Gasteiger charge is -2.03. The Kier molecular flexibility index (Phi) is 4.35. The lowest BCUT2D eigenvalue weighted by molar-refractivity contribution is 0.466. The van der Waals surface area contributed by atoms with Gasteiger partial charge in [-0.1, -0.05) is 41.6 Å². The molecule has 124 valence electrons. The van der Waals surface area contributed by atoms with Crippen LogP contribution < -0.4 is 0 Å². The molecule has 0 N–H and O–H groups in total. The Morgan fingerprint density at radius 1 is 1.08 bits per heavy atom. The Labute approximate surface area is 149 Å². The van der Waals surface area contributed by atoms with Crippen LogP contribution in [0.15, 0.2) is 76.9 Å². The Morgan fingerprint density at radius 2 is 1.96 bits per heavy atom. The van der Waals surface area contributed by atoms with E-state index in [2.05, 4.69) is 39.4 Å². The maximum absolute atomic E-state index is 5.76. The predicted molar refractivity (Wildman–Crippen MR) is 97.6 cm³/mol. The van der Waals surface area contributed by atoms with Gasteiger partial charge >= 0.3 is 0 Å². The van der Waals surface area contributed by atoms with Gasteiger partial charge in [0.2, 0.25) is 5.89 Å². The molecule has 5 nitrogen and oxygen atoms in total. The van der Waals surface area contributed by atoms with E-state index >= 15 is 0 Å². The summed E-state index contributed by atoms with van der Waals surface area (Å²) in [7, 11) is 0. The van der Waals surface area contributed by atoms with Crippen LogP contribution in [0.25, 0.3) is 17.1 Å². The van der Waals surface area contributed by atoms with Crippen LogP contribution in [0, 0.1) is 6.92 Å². The van der Waals surface area contributed by atoms with Crippen LogP contribution in [-0.4, -0.2) is 19.7 Å². The van der Waals surface area contributed by atoms with E-state index in [0.29, 0.717) is 11.1 Å². The third-order valence-corrected chi connectivity index (χ3v) is 4.66. The van der Waals surface area contributed by atoms with Crippen LogP contribution in [0.5, 0.6) is 0 Å². The Bertz CT molecular complexity index is 961. The summed E-state index contributed by atoms with van der Waals surface area (Å²) in [6.45, 7) is 2.04. The molecule has 0 unspecified atom stereocenters. The van der Waals surface area contributed by atoms with Crippen molar-refractivity contribution in [2.45, 2.75) is 17.9 Å². The van der Waals surface area contributed by atoms with Crippen LogP contribution in [0.2, 0.25) is 0 Å². The maximum Gasteiger partial charge on any atom is 0.277 e. The molecule has 4 rings (SSSR count). The van der Waals surface area contributed by atoms with E-state index in [1.165, 1.54) is 22.9 Å². The van der Waals surface area contributed by atoms with Crippen LogP contribution in [0.1, 0.15) is 11.1 Å². The van der Waals surface area contributed by atoms with Crippen molar-refractivity contribution in [3.05, 3.63) is 78.4 Å². The lowest BCUT2D eigenvalue weighted by Crippen LogP contribution is -1.90. The fourth-order valence-corrected chi connectivity index (χ4v) is 3.20. The summed E-state index contributed by atoms with van der Waals surface area (Å²) in [4.78, 5) is 4.06. The van der Waals surface area contributed by atoms with E-state index in [1.807, 2.05) is 42.0 Å². The topological polar surface area (TPSA) is 56.7 Å². The minimum atomic E-state index is 0.557. The molecule has 2 heterocycles. The van der Waals surface area contributed by atoms with Gasteiger partial charge < -0.3 is 8.98 Å². The second-order valence-corrected chi connectivity index (χ2v) is 6.59. The molecule has 0 atom stereocenters. The Balaban J connectivity index is 1.42. The number of hydrogen-bond donors (Lipinski definition) is 0. The van der Waals surface area contributed by atoms with Gasteiger partial charge in [0.05, 0.1) is 6.33 Å². The van der Waals surface area contributed by atoms with Gasteiger partial charge in [0.25, 0.3) is 5.22 Å². The monoisotopic (exact) mass is 348 g/mol. The highest BCUT2D eigenvalue weighted by Crippen LogP contribution is 2.26. The zero-order valence-electron chi connectivity index (χ0n) is 13.7. The molecule has 0 aliphatic rings. The quantitative estimate of drug-likeness (QED) is 0.496. The van der Waals surface area contributed by atoms with Crippen molar-refractivity contribution in [2.75, 3.05) is 0 Å². The molecule has 4 aromatic rings. The molecule has 0 fully saturated rings. The van der Waals surface area contributed by atoms with Gasteiger partial charge in [0, 0.05) is 29.4 Å². The van der Waals surface area contributed by atoms with Crippen LogP contribution in [-0.2, 0) is 5.75 Å². The van der Waals surface area contributed by atoms with Gasteiger partial charge in [-0.3, -0.25) is 0 Å². The van der Waals surface area contributed by atoms with Crippen molar-refractivity contribution in [1.82, 2.24) is 19.7 Å². The van der Waals surface area contributed by atoms with Crippen molar-refractivity contribution in [1.29, 1.82) is 0 Å². The maximum atomic E-state index is 5.76. The van der Waals surface area contributed by atoms with Crippen molar-refractivity contribution in [3.63, 3.8) is 0 Å². The molecule has 0 aliphatic carbocycles. The summed E-state index contributed by atoms with van der Waals surface area (Å²) < 4.78 is 7.73. The first-order valence-electron chi connectivity index (χ1n) is 7.88. The molecule has 0 aliphatic heterocycles. The Hall–Kier alpha value is -2.86. The van der Waals surface area contributed by atoms with E-state index in [-0.39, 0.29) is 0 Å². The minimum absolute atomic E-state index is 0.557. The summed E-state index contributed by atoms with van der Waals surface area (Å²) in [6.07, 6.45) is 5.48. The standard InChI is InChI=1S/C19H16N4OS/c1-14-3-2-4-16(11-14)18-21-22-19(24-18)25-12-15-5-7-17(8-6-15)23-10-9-20-13-23/h2-11,13H,12H2,1H3. The number of hydrogen-bond acceptors (Lipinski definition) is 5. The fourth-order valence-electron chi connectivity index (χ4n) is 2.48. The number of thioether (sulfide) groups is 1. The third-order valence-electron chi connectivity index (χ3n) is 3.77. The molecule has 0 amide bonds. The van der Waals surface area contributed by atoms with Crippen molar-refractivity contribution >= 4 is 11.8 Å². The SMILES string of the molecule is Cc1cccc(-c2nnc(SCc3ccc(-n4ccnc4)cc3)o2)c1. The molecule has 0 spiro atoms. The van der Waals surface area contributed by atoms with Gasteiger partial charge in [-0.15, -0.1) is 10.2 Å². The van der Waals surface area contributed by atoms with Crippen LogP contribution >= 0.6 is 11.8 Å². The number of benzene rings is 2. The summed E-state index contributed by atoms with van der Waals surface area (Å²) in [6, 6.07) is 16.4. The van der Waals surface area contributed by atoms with E-state index in [9.17, 15) is 0 Å². The molecule has 0 radical (unpaired) electrons. The van der Waals surface area contributed by atoms with Crippen LogP contribution in [0.4, 0.5) is 0 Å². The molecular formula is C19H16N4OS. The highest BCUT2D eigenvalue weighted by molar-refractivity contribution is 7.98. The summed E-state index contributed by atoms with van der Waals surface area (Å²) in [5, 5.41) is 8.85. The second kappa shape index (κ2) is 6.94. The molecule has 0 saturated heterocycles. The fraction of sp³-hybridized carbons (Fsp3) is 0.105. The number of aryl methyl sites for hydroxylation is 1. The van der Waals surface area contributed by atoms with Crippen molar-refractivity contribution in [2.24, 2.45) is 0 Å². The average molecular weight is 348 g/mol. The number of rotatable bonds is 5. The van der Waals surface area contributed by atoms with Gasteiger partial charge in [-0.25, -0.2) is 4.98 Å². The normalized spacial score (nSPS) is 10.9. The minimum Gasteiger partial charge on any atom is -0.411 e. The zero-order chi connectivity index (χ0) is 17.1. The third kappa shape index (κ3) is 3.64. The smallest absolute Gasteiger partial charge is 0.277 e. The van der Waals surface area contributed by atoms with E-state index in [1.54, 1.807) is 12.5 Å². The van der Waals surface area contributed by atoms with Gasteiger partial charge in [-0.05, 0) is 36.8 Å². The summed E-state index contributed by atoms with van der Waals surface area (Å²) >= 11 is 1.54. The first kappa shape index (κ1) is 15.7. The Morgan fingerprint density at radius 3 is 2.72 bits per heavy atom. The van der Waals surface area contributed by atoms with Gasteiger partial charge in [0.15, 0.2) is 0 Å². The van der Waals surface area contributed by atoms with Crippen molar-refractivity contribution < 1.29 is 4.42 Å².